The summed E-state index contributed by atoms with van der Waals surface area (Å²) in [6, 6.07) is 8.84. The summed E-state index contributed by atoms with van der Waals surface area (Å²) in [5.74, 6) is 2.57. The molecule has 6 nitrogen and oxygen atoms in total. The van der Waals surface area contributed by atoms with Gasteiger partial charge in [-0.05, 0) is 55.2 Å². The molecule has 0 saturated heterocycles. The Morgan fingerprint density at radius 1 is 1.19 bits per heavy atom. The third kappa shape index (κ3) is 4.84. The van der Waals surface area contributed by atoms with Gasteiger partial charge in [0.05, 0.1) is 5.69 Å². The number of guanidine groups is 1. The zero-order chi connectivity index (χ0) is 18.4. The number of hydrogen-bond donors (Lipinski definition) is 2. The highest BCUT2D eigenvalue weighted by Gasteiger charge is 2.23. The Kier molecular flexibility index (Phi) is 6.26. The number of benzene rings is 1. The summed E-state index contributed by atoms with van der Waals surface area (Å²) < 4.78 is 1.76. The summed E-state index contributed by atoms with van der Waals surface area (Å²) in [6.07, 6.45) is 8.34. The second-order valence-electron chi connectivity index (χ2n) is 7.43. The highest BCUT2D eigenvalue weighted by atomic mass is 15.3. The van der Waals surface area contributed by atoms with E-state index in [1.165, 1.54) is 31.2 Å². The normalized spacial score (nSPS) is 21.0. The van der Waals surface area contributed by atoms with E-state index in [1.54, 1.807) is 17.3 Å². The molecule has 1 heterocycles. The van der Waals surface area contributed by atoms with Crippen LogP contribution in [0.3, 0.4) is 0 Å². The Balaban J connectivity index is 1.47. The third-order valence-electron chi connectivity index (χ3n) is 5.36. The standard InChI is InChI=1S/C20H30N6/c1-15(2)17-6-8-18(9-7-17)25-20(21-3)23-12-16-4-10-19(11-5-16)26-14-22-13-24-26/h4-5,10-11,13-15,17-18H,6-9,12H2,1-3H3,(H2,21,23,25). The predicted molar refractivity (Wildman–Crippen MR) is 105 cm³/mol. The fourth-order valence-corrected chi connectivity index (χ4v) is 3.61. The first-order valence-corrected chi connectivity index (χ1v) is 9.57. The summed E-state index contributed by atoms with van der Waals surface area (Å²) in [5, 5.41) is 11.2. The Hall–Kier alpha value is -2.37. The molecule has 0 bridgehead atoms. The minimum Gasteiger partial charge on any atom is -0.354 e. The molecule has 1 fully saturated rings. The van der Waals surface area contributed by atoms with Crippen molar-refractivity contribution >= 4 is 5.96 Å². The summed E-state index contributed by atoms with van der Waals surface area (Å²) in [5.41, 5.74) is 2.22. The van der Waals surface area contributed by atoms with Crippen LogP contribution in [0, 0.1) is 11.8 Å². The molecule has 6 heteroatoms. The molecule has 0 unspecified atom stereocenters. The molecule has 1 aliphatic rings. The molecule has 1 aromatic carbocycles. The first-order chi connectivity index (χ1) is 12.7. The van der Waals surface area contributed by atoms with Gasteiger partial charge in [-0.1, -0.05) is 26.0 Å². The molecule has 1 aromatic heterocycles. The van der Waals surface area contributed by atoms with Gasteiger partial charge in [0.1, 0.15) is 12.7 Å². The predicted octanol–water partition coefficient (Wildman–Crippen LogP) is 3.15. The average Bonchev–Trinajstić information content (AvgIpc) is 3.20. The van der Waals surface area contributed by atoms with Gasteiger partial charge >= 0.3 is 0 Å². The van der Waals surface area contributed by atoms with Gasteiger partial charge in [-0.25, -0.2) is 9.67 Å². The molecule has 0 spiro atoms. The molecule has 0 radical (unpaired) electrons. The van der Waals surface area contributed by atoms with Crippen molar-refractivity contribution in [1.82, 2.24) is 25.4 Å². The van der Waals surface area contributed by atoms with Crippen molar-refractivity contribution in [2.75, 3.05) is 7.05 Å². The molecule has 26 heavy (non-hydrogen) atoms. The van der Waals surface area contributed by atoms with Gasteiger partial charge in [-0.2, -0.15) is 5.10 Å². The van der Waals surface area contributed by atoms with Gasteiger partial charge in [-0.3, -0.25) is 4.99 Å². The zero-order valence-electron chi connectivity index (χ0n) is 16.0. The molecule has 140 valence electrons. The van der Waals surface area contributed by atoms with Crippen LogP contribution in [0.4, 0.5) is 0 Å². The Bertz CT molecular complexity index is 682. The van der Waals surface area contributed by atoms with Crippen molar-refractivity contribution in [2.24, 2.45) is 16.8 Å². The highest BCUT2D eigenvalue weighted by molar-refractivity contribution is 5.79. The maximum absolute atomic E-state index is 4.38. The molecule has 2 aromatic rings. The maximum Gasteiger partial charge on any atom is 0.191 e. The van der Waals surface area contributed by atoms with E-state index in [9.17, 15) is 0 Å². The van der Waals surface area contributed by atoms with Crippen molar-refractivity contribution in [3.05, 3.63) is 42.5 Å². The Morgan fingerprint density at radius 3 is 2.50 bits per heavy atom. The van der Waals surface area contributed by atoms with Crippen molar-refractivity contribution in [1.29, 1.82) is 0 Å². The van der Waals surface area contributed by atoms with E-state index in [0.29, 0.717) is 6.04 Å². The van der Waals surface area contributed by atoms with E-state index in [-0.39, 0.29) is 0 Å². The summed E-state index contributed by atoms with van der Waals surface area (Å²) >= 11 is 0. The monoisotopic (exact) mass is 354 g/mol. The van der Waals surface area contributed by atoms with E-state index < -0.39 is 0 Å². The number of aromatic nitrogens is 3. The zero-order valence-corrected chi connectivity index (χ0v) is 16.0. The molecule has 0 atom stereocenters. The van der Waals surface area contributed by atoms with Crippen molar-refractivity contribution < 1.29 is 0 Å². The molecule has 1 saturated carbocycles. The fraction of sp³-hybridized carbons (Fsp3) is 0.550. The minimum absolute atomic E-state index is 0.533. The van der Waals surface area contributed by atoms with E-state index in [4.69, 9.17) is 0 Å². The summed E-state index contributed by atoms with van der Waals surface area (Å²) in [6.45, 7) is 5.43. The largest absolute Gasteiger partial charge is 0.354 e. The van der Waals surface area contributed by atoms with Gasteiger partial charge in [-0.15, -0.1) is 0 Å². The summed E-state index contributed by atoms with van der Waals surface area (Å²) in [7, 11) is 1.84. The molecule has 3 rings (SSSR count). The Labute approximate surface area is 156 Å². The Morgan fingerprint density at radius 2 is 1.92 bits per heavy atom. The number of hydrogen-bond acceptors (Lipinski definition) is 3. The van der Waals surface area contributed by atoms with Gasteiger partial charge < -0.3 is 10.6 Å². The summed E-state index contributed by atoms with van der Waals surface area (Å²) in [4.78, 5) is 8.36. The lowest BCUT2D eigenvalue weighted by Gasteiger charge is -2.32. The van der Waals surface area contributed by atoms with Crippen LogP contribution in [0.25, 0.3) is 5.69 Å². The number of aliphatic imine (C=N–C) groups is 1. The second kappa shape index (κ2) is 8.83. The molecule has 0 aliphatic heterocycles. The molecular formula is C20H30N6. The van der Waals surface area contributed by atoms with Gasteiger partial charge in [0.2, 0.25) is 0 Å². The van der Waals surface area contributed by atoms with Crippen LogP contribution in [0.2, 0.25) is 0 Å². The minimum atomic E-state index is 0.533. The van der Waals surface area contributed by atoms with Crippen LogP contribution in [0.15, 0.2) is 41.9 Å². The molecule has 0 amide bonds. The lowest BCUT2D eigenvalue weighted by atomic mass is 9.80. The quantitative estimate of drug-likeness (QED) is 0.639. The third-order valence-corrected chi connectivity index (χ3v) is 5.36. The van der Waals surface area contributed by atoms with Crippen LogP contribution in [-0.4, -0.2) is 33.8 Å². The molecule has 2 N–H and O–H groups in total. The maximum atomic E-state index is 4.38. The lowest BCUT2D eigenvalue weighted by Crippen LogP contribution is -2.44. The van der Waals surface area contributed by atoms with Crippen LogP contribution >= 0.6 is 0 Å². The first-order valence-electron chi connectivity index (χ1n) is 9.57. The van der Waals surface area contributed by atoms with Crippen LogP contribution in [0.1, 0.15) is 45.1 Å². The second-order valence-corrected chi connectivity index (χ2v) is 7.43. The topological polar surface area (TPSA) is 67.1 Å². The van der Waals surface area contributed by atoms with E-state index in [2.05, 4.69) is 63.8 Å². The van der Waals surface area contributed by atoms with Gasteiger partial charge in [0.25, 0.3) is 0 Å². The van der Waals surface area contributed by atoms with Crippen molar-refractivity contribution in [3.8, 4) is 5.69 Å². The molecule has 1 aliphatic carbocycles. The lowest BCUT2D eigenvalue weighted by molar-refractivity contribution is 0.250. The number of nitrogens with one attached hydrogen (secondary N) is 2. The fourth-order valence-electron chi connectivity index (χ4n) is 3.61. The van der Waals surface area contributed by atoms with Crippen LogP contribution < -0.4 is 10.6 Å². The van der Waals surface area contributed by atoms with E-state index >= 15 is 0 Å². The van der Waals surface area contributed by atoms with E-state index in [0.717, 1.165) is 30.0 Å². The SMILES string of the molecule is CN=C(NCc1ccc(-n2cncn2)cc1)NC1CCC(C(C)C)CC1. The van der Waals surface area contributed by atoms with Gasteiger partial charge in [0, 0.05) is 19.6 Å². The van der Waals surface area contributed by atoms with Gasteiger partial charge in [0.15, 0.2) is 5.96 Å². The van der Waals surface area contributed by atoms with Crippen LogP contribution in [-0.2, 0) is 6.54 Å². The number of nitrogens with zero attached hydrogens (tertiary/aromatic N) is 4. The van der Waals surface area contributed by atoms with Crippen LogP contribution in [0.5, 0.6) is 0 Å². The van der Waals surface area contributed by atoms with Crippen molar-refractivity contribution in [3.63, 3.8) is 0 Å². The van der Waals surface area contributed by atoms with E-state index in [1.807, 2.05) is 7.05 Å². The average molecular weight is 355 g/mol. The first kappa shape index (κ1) is 18.4. The smallest absolute Gasteiger partial charge is 0.191 e. The number of rotatable bonds is 5. The molecular weight excluding hydrogens is 324 g/mol. The van der Waals surface area contributed by atoms with Crippen molar-refractivity contribution in [2.45, 2.75) is 52.1 Å². The highest BCUT2D eigenvalue weighted by Crippen LogP contribution is 2.29.